The molecule has 1 heterocycles. The lowest BCUT2D eigenvalue weighted by atomic mass is 9.81. The summed E-state index contributed by atoms with van der Waals surface area (Å²) in [6.07, 6.45) is -0.125. The number of benzene rings is 8. The van der Waals surface area contributed by atoms with Crippen molar-refractivity contribution in [2.24, 2.45) is 9.98 Å². The number of nitrogens with two attached hydrogens (primary N) is 1. The summed E-state index contributed by atoms with van der Waals surface area (Å²) in [6, 6.07) is 66.8. The van der Waals surface area contributed by atoms with Gasteiger partial charge in [0.1, 0.15) is 0 Å². The molecule has 270 valence electrons. The smallest absolute Gasteiger partial charge is 0.235 e. The molecule has 2 N–H and O–H groups in total. The molecule has 10 rings (SSSR count). The first-order chi connectivity index (χ1) is 28.0. The van der Waals surface area contributed by atoms with Gasteiger partial charge in [-0.2, -0.15) is 10.3 Å². The van der Waals surface area contributed by atoms with E-state index in [1.54, 1.807) is 0 Å². The number of rotatable bonds is 6. The summed E-state index contributed by atoms with van der Waals surface area (Å²) >= 11 is 0. The average Bonchev–Trinajstić information content (AvgIpc) is 3.52. The maximum Gasteiger partial charge on any atom is 0.235 e. The molecule has 2 aliphatic rings. The third-order valence-corrected chi connectivity index (χ3v) is 11.7. The van der Waals surface area contributed by atoms with E-state index in [1.807, 2.05) is 24.3 Å². The minimum absolute atomic E-state index is 0.125. The van der Waals surface area contributed by atoms with Crippen molar-refractivity contribution in [1.29, 1.82) is 5.26 Å². The quantitative estimate of drug-likeness (QED) is 0.182. The number of nitriles is 1. The van der Waals surface area contributed by atoms with Gasteiger partial charge in [0.05, 0.1) is 17.2 Å². The molecule has 1 aliphatic carbocycles. The van der Waals surface area contributed by atoms with E-state index in [1.165, 1.54) is 38.6 Å². The van der Waals surface area contributed by atoms with Crippen molar-refractivity contribution in [3.8, 4) is 50.6 Å². The molecule has 4 heteroatoms. The lowest BCUT2D eigenvalue weighted by molar-refractivity contribution is -0.586. The maximum absolute atomic E-state index is 9.90. The summed E-state index contributed by atoms with van der Waals surface area (Å²) in [4.78, 5) is 10.2. The molecule has 4 nitrogen and oxygen atoms in total. The molecule has 8 aromatic carbocycles. The SMILES string of the molecule is CC1(C)c2cc(-c3ccc(-c4c(-c5ccc(C6=NC(c7ccccc7)[NH2+]C(c7ccccc7)=N6)cc5)ccc5ccccc45)cc3)ccc2-c2c(C#N)cccc21. The predicted molar refractivity (Wildman–Crippen MR) is 233 cm³/mol. The molecule has 1 unspecified atom stereocenters. The van der Waals surface area contributed by atoms with E-state index in [9.17, 15) is 5.26 Å². The van der Waals surface area contributed by atoms with Crippen LogP contribution in [0.1, 0.15) is 53.4 Å². The lowest BCUT2D eigenvalue weighted by Crippen LogP contribution is -2.89. The van der Waals surface area contributed by atoms with Crippen molar-refractivity contribution in [3.05, 3.63) is 215 Å². The zero-order valence-corrected chi connectivity index (χ0v) is 31.8. The minimum Gasteiger partial charge on any atom is -0.272 e. The summed E-state index contributed by atoms with van der Waals surface area (Å²) in [7, 11) is 0. The topological polar surface area (TPSA) is 65.1 Å². The summed E-state index contributed by atoms with van der Waals surface area (Å²) in [6.45, 7) is 4.52. The zero-order valence-electron chi connectivity index (χ0n) is 31.8. The Bertz CT molecular complexity index is 2930. The van der Waals surface area contributed by atoms with Crippen LogP contribution < -0.4 is 5.32 Å². The number of quaternary nitrogens is 1. The van der Waals surface area contributed by atoms with Gasteiger partial charge in [0.2, 0.25) is 12.0 Å². The van der Waals surface area contributed by atoms with Crippen molar-refractivity contribution in [2.45, 2.75) is 25.4 Å². The molecule has 0 aromatic heterocycles. The molecule has 1 aliphatic heterocycles. The van der Waals surface area contributed by atoms with Gasteiger partial charge in [-0.3, -0.25) is 5.32 Å². The summed E-state index contributed by atoms with van der Waals surface area (Å²) in [5.41, 5.74) is 15.5. The number of aliphatic imine (C=N–C) groups is 2. The number of amidine groups is 2. The molecule has 8 aromatic rings. The fourth-order valence-electron chi connectivity index (χ4n) is 8.74. The molecule has 0 bridgehead atoms. The Hall–Kier alpha value is -7.19. The monoisotopic (exact) mass is 731 g/mol. The van der Waals surface area contributed by atoms with Crippen LogP contribution in [0, 0.1) is 11.3 Å². The van der Waals surface area contributed by atoms with Crippen LogP contribution in [0.25, 0.3) is 55.3 Å². The third-order valence-electron chi connectivity index (χ3n) is 11.7. The molecular formula is C53H39N4+. The molecular weight excluding hydrogens is 693 g/mol. The van der Waals surface area contributed by atoms with E-state index in [2.05, 4.69) is 183 Å². The van der Waals surface area contributed by atoms with Gasteiger partial charge >= 0.3 is 0 Å². The molecule has 0 fully saturated rings. The normalized spacial score (nSPS) is 15.3. The first-order valence-corrected chi connectivity index (χ1v) is 19.5. The van der Waals surface area contributed by atoms with Crippen LogP contribution in [0.3, 0.4) is 0 Å². The van der Waals surface area contributed by atoms with Crippen LogP contribution in [-0.2, 0) is 5.41 Å². The van der Waals surface area contributed by atoms with Crippen LogP contribution in [-0.4, -0.2) is 11.7 Å². The molecule has 0 spiro atoms. The second kappa shape index (κ2) is 13.8. The minimum atomic E-state index is -0.191. The molecule has 1 atom stereocenters. The van der Waals surface area contributed by atoms with Gasteiger partial charge in [-0.15, -0.1) is 0 Å². The molecule has 0 amide bonds. The number of fused-ring (bicyclic) bond motifs is 4. The van der Waals surface area contributed by atoms with Crippen LogP contribution in [0.15, 0.2) is 192 Å². The largest absolute Gasteiger partial charge is 0.272 e. The molecule has 0 saturated heterocycles. The lowest BCUT2D eigenvalue weighted by Gasteiger charge is -2.22. The average molecular weight is 732 g/mol. The van der Waals surface area contributed by atoms with Crippen molar-refractivity contribution >= 4 is 22.4 Å². The van der Waals surface area contributed by atoms with Crippen molar-refractivity contribution in [1.82, 2.24) is 0 Å². The highest BCUT2D eigenvalue weighted by Gasteiger charge is 2.37. The Balaban J connectivity index is 1.01. The van der Waals surface area contributed by atoms with Crippen LogP contribution >= 0.6 is 0 Å². The Labute approximate surface area is 333 Å². The summed E-state index contributed by atoms with van der Waals surface area (Å²) < 4.78 is 0. The molecule has 57 heavy (non-hydrogen) atoms. The Morgan fingerprint density at radius 1 is 0.526 bits per heavy atom. The van der Waals surface area contributed by atoms with Gasteiger partial charge in [-0.1, -0.05) is 172 Å². The van der Waals surface area contributed by atoms with Gasteiger partial charge in [-0.25, -0.2) is 4.99 Å². The van der Waals surface area contributed by atoms with Crippen LogP contribution in [0.2, 0.25) is 0 Å². The summed E-state index contributed by atoms with van der Waals surface area (Å²) in [5.74, 6) is 1.66. The molecule has 0 saturated carbocycles. The molecule has 0 radical (unpaired) electrons. The van der Waals surface area contributed by atoms with E-state index in [0.717, 1.165) is 61.7 Å². The fourth-order valence-corrected chi connectivity index (χ4v) is 8.74. The first kappa shape index (κ1) is 34.3. The van der Waals surface area contributed by atoms with Gasteiger partial charge in [0.15, 0.2) is 5.84 Å². The predicted octanol–water partition coefficient (Wildman–Crippen LogP) is 11.5. The highest BCUT2D eigenvalue weighted by atomic mass is 15.2. The highest BCUT2D eigenvalue weighted by Crippen LogP contribution is 2.51. The standard InChI is InChI=1S/C53H38N4/c1-53(2)46-19-11-17-42(33-54)49(46)45-31-29-41(32-47(45)53)34-20-24-37(25-21-34)48-43-18-10-9-12-35(43)28-30-44(48)36-22-26-40(27-23-36)52-56-50(38-13-5-3-6-14-38)55-51(57-52)39-15-7-4-8-16-39/h3-32,50H,1-2H3,(H,55,56,57)/p+1. The van der Waals surface area contributed by atoms with Crippen LogP contribution in [0.5, 0.6) is 0 Å². The van der Waals surface area contributed by atoms with Gasteiger partial charge in [-0.05, 0) is 85.1 Å². The van der Waals surface area contributed by atoms with E-state index in [-0.39, 0.29) is 11.6 Å². The Morgan fingerprint density at radius 3 is 1.95 bits per heavy atom. The summed E-state index contributed by atoms with van der Waals surface area (Å²) in [5, 5.41) is 14.5. The number of nitrogens with zero attached hydrogens (tertiary/aromatic N) is 3. The second-order valence-corrected chi connectivity index (χ2v) is 15.4. The van der Waals surface area contributed by atoms with Crippen molar-refractivity contribution < 1.29 is 5.32 Å². The second-order valence-electron chi connectivity index (χ2n) is 15.4. The van der Waals surface area contributed by atoms with E-state index in [0.29, 0.717) is 0 Å². The van der Waals surface area contributed by atoms with Gasteiger partial charge in [0.25, 0.3) is 0 Å². The Morgan fingerprint density at radius 2 is 1.18 bits per heavy atom. The highest BCUT2D eigenvalue weighted by molar-refractivity contribution is 6.10. The Kier molecular flexibility index (Phi) is 8.33. The van der Waals surface area contributed by atoms with E-state index >= 15 is 0 Å². The van der Waals surface area contributed by atoms with Gasteiger partial charge < -0.3 is 0 Å². The third kappa shape index (κ3) is 5.97. The maximum atomic E-state index is 9.90. The fraction of sp³-hybridized carbons (Fsp3) is 0.0755. The number of hydrogen-bond acceptors (Lipinski definition) is 3. The van der Waals surface area contributed by atoms with E-state index in [4.69, 9.17) is 9.98 Å². The van der Waals surface area contributed by atoms with Crippen molar-refractivity contribution in [2.75, 3.05) is 0 Å². The van der Waals surface area contributed by atoms with Gasteiger partial charge in [0, 0.05) is 22.1 Å². The number of hydrogen-bond donors (Lipinski definition) is 1. The van der Waals surface area contributed by atoms with Crippen molar-refractivity contribution in [3.63, 3.8) is 0 Å². The van der Waals surface area contributed by atoms with Crippen LogP contribution in [0.4, 0.5) is 0 Å². The zero-order chi connectivity index (χ0) is 38.5. The first-order valence-electron chi connectivity index (χ1n) is 19.5. The van der Waals surface area contributed by atoms with E-state index < -0.39 is 0 Å².